The van der Waals surface area contributed by atoms with E-state index in [2.05, 4.69) is 5.32 Å². The second-order valence-electron chi connectivity index (χ2n) is 9.73. The highest BCUT2D eigenvalue weighted by atomic mass is 32.2. The number of aryl methyl sites for hydroxylation is 1. The zero-order valence-corrected chi connectivity index (χ0v) is 22.2. The second-order valence-corrected chi connectivity index (χ2v) is 10.7. The Hall–Kier alpha value is -3.12. The summed E-state index contributed by atoms with van der Waals surface area (Å²) >= 11 is 1.38. The number of carbonyl (C=O) groups is 2. The first-order valence-electron chi connectivity index (χ1n) is 13.0. The number of amides is 2. The van der Waals surface area contributed by atoms with Crippen LogP contribution in [0.4, 0.5) is 4.39 Å². The van der Waals surface area contributed by atoms with Gasteiger partial charge in [-0.2, -0.15) is 0 Å². The molecule has 0 heterocycles. The summed E-state index contributed by atoms with van der Waals surface area (Å²) in [6.45, 7) is 2.37. The van der Waals surface area contributed by atoms with Crippen LogP contribution in [0, 0.1) is 12.7 Å². The number of halogens is 1. The lowest BCUT2D eigenvalue weighted by atomic mass is 10.0. The van der Waals surface area contributed by atoms with Gasteiger partial charge >= 0.3 is 0 Å². The molecule has 1 atom stereocenters. The highest BCUT2D eigenvalue weighted by Gasteiger charge is 2.32. The van der Waals surface area contributed by atoms with E-state index in [0.29, 0.717) is 24.3 Å². The third-order valence-corrected chi connectivity index (χ3v) is 7.98. The molecule has 194 valence electrons. The van der Waals surface area contributed by atoms with Gasteiger partial charge in [-0.1, -0.05) is 85.6 Å². The van der Waals surface area contributed by atoms with Gasteiger partial charge in [0.2, 0.25) is 11.8 Å². The van der Waals surface area contributed by atoms with Gasteiger partial charge in [0.05, 0.1) is 5.75 Å². The van der Waals surface area contributed by atoms with Gasteiger partial charge in [-0.05, 0) is 48.1 Å². The second kappa shape index (κ2) is 13.4. The molecule has 4 nitrogen and oxygen atoms in total. The lowest BCUT2D eigenvalue weighted by Gasteiger charge is -2.32. The topological polar surface area (TPSA) is 49.4 Å². The van der Waals surface area contributed by atoms with Crippen LogP contribution in [0.15, 0.2) is 78.9 Å². The summed E-state index contributed by atoms with van der Waals surface area (Å²) in [7, 11) is 0. The van der Waals surface area contributed by atoms with Crippen molar-refractivity contribution in [3.05, 3.63) is 107 Å². The summed E-state index contributed by atoms with van der Waals surface area (Å²) < 4.78 is 14.1. The maximum Gasteiger partial charge on any atom is 0.243 e. The van der Waals surface area contributed by atoms with E-state index >= 15 is 0 Å². The minimum absolute atomic E-state index is 0.100. The quantitative estimate of drug-likeness (QED) is 0.335. The van der Waals surface area contributed by atoms with Gasteiger partial charge in [0.1, 0.15) is 11.9 Å². The number of carbonyl (C=O) groups excluding carboxylic acids is 2. The number of rotatable bonds is 11. The van der Waals surface area contributed by atoms with Crippen molar-refractivity contribution in [1.82, 2.24) is 10.2 Å². The SMILES string of the molecule is Cc1ccccc1CN(C(=O)CSCc1ccccc1F)[C@H](Cc1ccccc1)C(=O)NC1CCCC1. The van der Waals surface area contributed by atoms with E-state index in [1.165, 1.54) is 17.8 Å². The molecule has 2 amide bonds. The molecule has 0 unspecified atom stereocenters. The molecule has 3 aromatic rings. The van der Waals surface area contributed by atoms with E-state index in [9.17, 15) is 14.0 Å². The minimum Gasteiger partial charge on any atom is -0.352 e. The summed E-state index contributed by atoms with van der Waals surface area (Å²) in [6.07, 6.45) is 4.64. The Labute approximate surface area is 223 Å². The Balaban J connectivity index is 1.58. The molecule has 1 aliphatic carbocycles. The number of hydrogen-bond acceptors (Lipinski definition) is 3. The van der Waals surface area contributed by atoms with Crippen LogP contribution in [0.5, 0.6) is 0 Å². The van der Waals surface area contributed by atoms with E-state index in [4.69, 9.17) is 0 Å². The van der Waals surface area contributed by atoms with E-state index < -0.39 is 6.04 Å². The molecule has 1 N–H and O–H groups in total. The van der Waals surface area contributed by atoms with Crippen molar-refractivity contribution < 1.29 is 14.0 Å². The minimum atomic E-state index is -0.635. The fourth-order valence-corrected chi connectivity index (χ4v) is 5.74. The number of nitrogens with one attached hydrogen (secondary N) is 1. The van der Waals surface area contributed by atoms with Gasteiger partial charge in [0.25, 0.3) is 0 Å². The maximum absolute atomic E-state index is 14.1. The van der Waals surface area contributed by atoms with Crippen LogP contribution >= 0.6 is 11.8 Å². The van der Waals surface area contributed by atoms with Gasteiger partial charge in [-0.25, -0.2) is 4.39 Å². The zero-order valence-electron chi connectivity index (χ0n) is 21.4. The molecule has 0 aromatic heterocycles. The van der Waals surface area contributed by atoms with Crippen LogP contribution in [0.25, 0.3) is 0 Å². The number of hydrogen-bond donors (Lipinski definition) is 1. The summed E-state index contributed by atoms with van der Waals surface area (Å²) in [5, 5.41) is 3.24. The van der Waals surface area contributed by atoms with Crippen LogP contribution in [-0.4, -0.2) is 34.6 Å². The summed E-state index contributed by atoms with van der Waals surface area (Å²) in [4.78, 5) is 29.2. The fourth-order valence-electron chi connectivity index (χ4n) is 4.84. The third-order valence-electron chi connectivity index (χ3n) is 7.02. The van der Waals surface area contributed by atoms with Crippen molar-refractivity contribution >= 4 is 23.6 Å². The molecule has 0 spiro atoms. The van der Waals surface area contributed by atoms with Crippen LogP contribution in [0.2, 0.25) is 0 Å². The monoisotopic (exact) mass is 518 g/mol. The molecule has 37 heavy (non-hydrogen) atoms. The first kappa shape index (κ1) is 26.9. The molecule has 3 aromatic carbocycles. The molecule has 6 heteroatoms. The highest BCUT2D eigenvalue weighted by molar-refractivity contribution is 7.99. The lowest BCUT2D eigenvalue weighted by Crippen LogP contribution is -2.52. The van der Waals surface area contributed by atoms with Crippen LogP contribution in [0.1, 0.15) is 47.9 Å². The van der Waals surface area contributed by atoms with Gasteiger partial charge in [-0.3, -0.25) is 9.59 Å². The third kappa shape index (κ3) is 7.68. The Bertz CT molecular complexity index is 1180. The van der Waals surface area contributed by atoms with Crippen LogP contribution < -0.4 is 5.32 Å². The molecule has 1 fully saturated rings. The molecule has 4 rings (SSSR count). The number of thioether (sulfide) groups is 1. The largest absolute Gasteiger partial charge is 0.352 e. The first-order valence-corrected chi connectivity index (χ1v) is 14.2. The van der Waals surface area contributed by atoms with Gasteiger partial charge in [-0.15, -0.1) is 11.8 Å². The van der Waals surface area contributed by atoms with Crippen molar-refractivity contribution in [2.75, 3.05) is 5.75 Å². The van der Waals surface area contributed by atoms with Crippen molar-refractivity contribution in [1.29, 1.82) is 0 Å². The molecule has 0 bridgehead atoms. The summed E-state index contributed by atoms with van der Waals surface area (Å²) in [6, 6.07) is 24.0. The van der Waals surface area contributed by atoms with Gasteiger partial charge in [0.15, 0.2) is 0 Å². The van der Waals surface area contributed by atoms with Gasteiger partial charge < -0.3 is 10.2 Å². The molecule has 1 aliphatic rings. The molecule has 0 aliphatic heterocycles. The predicted molar refractivity (Wildman–Crippen MR) is 149 cm³/mol. The van der Waals surface area contributed by atoms with E-state index in [1.54, 1.807) is 23.1 Å². The van der Waals surface area contributed by atoms with Crippen molar-refractivity contribution in [2.24, 2.45) is 0 Å². The van der Waals surface area contributed by atoms with Crippen molar-refractivity contribution in [3.8, 4) is 0 Å². The van der Waals surface area contributed by atoms with E-state index in [0.717, 1.165) is 42.4 Å². The first-order chi connectivity index (χ1) is 18.0. The normalized spacial score (nSPS) is 14.3. The Morgan fingerprint density at radius 2 is 1.59 bits per heavy atom. The zero-order chi connectivity index (χ0) is 26.0. The predicted octanol–water partition coefficient (Wildman–Crippen LogP) is 6.07. The molecular weight excluding hydrogens is 483 g/mol. The summed E-state index contributed by atoms with van der Waals surface area (Å²) in [5.41, 5.74) is 3.68. The molecule has 1 saturated carbocycles. The average Bonchev–Trinajstić information content (AvgIpc) is 3.42. The Morgan fingerprint density at radius 3 is 2.30 bits per heavy atom. The standard InChI is InChI=1S/C31H35FN2O2S/c1-23-11-5-6-14-25(23)20-34(30(35)22-37-21-26-15-7-10-18-28(26)32)29(19-24-12-3-2-4-13-24)31(36)33-27-16-8-9-17-27/h2-7,10-15,18,27,29H,8-9,16-17,19-22H2,1H3,(H,33,36)/t29-/m1/s1. The van der Waals surface area contributed by atoms with Gasteiger partial charge in [0, 0.05) is 24.8 Å². The lowest BCUT2D eigenvalue weighted by molar-refractivity contribution is -0.139. The molecule has 0 radical (unpaired) electrons. The maximum atomic E-state index is 14.1. The van der Waals surface area contributed by atoms with E-state index in [1.807, 2.05) is 61.5 Å². The van der Waals surface area contributed by atoms with Crippen molar-refractivity contribution in [3.63, 3.8) is 0 Å². The fraction of sp³-hybridized carbons (Fsp3) is 0.355. The van der Waals surface area contributed by atoms with Crippen molar-refractivity contribution in [2.45, 2.75) is 63.4 Å². The molecule has 0 saturated heterocycles. The smallest absolute Gasteiger partial charge is 0.243 e. The average molecular weight is 519 g/mol. The number of benzene rings is 3. The highest BCUT2D eigenvalue weighted by Crippen LogP contribution is 2.22. The Kier molecular flexibility index (Phi) is 9.78. The van der Waals surface area contributed by atoms with Crippen LogP contribution in [0.3, 0.4) is 0 Å². The number of nitrogens with zero attached hydrogens (tertiary/aromatic N) is 1. The molecular formula is C31H35FN2O2S. The Morgan fingerprint density at radius 1 is 0.946 bits per heavy atom. The summed E-state index contributed by atoms with van der Waals surface area (Å²) in [5.74, 6) is 0.0807. The van der Waals surface area contributed by atoms with Crippen LogP contribution in [-0.2, 0) is 28.3 Å². The van der Waals surface area contributed by atoms with E-state index in [-0.39, 0.29) is 29.4 Å².